The van der Waals surface area contributed by atoms with Crippen molar-refractivity contribution in [2.45, 2.75) is 6.04 Å². The van der Waals surface area contributed by atoms with Gasteiger partial charge in [0, 0.05) is 16.1 Å². The fourth-order valence-electron chi connectivity index (χ4n) is 2.06. The Bertz CT molecular complexity index is 621. The molecule has 0 aliphatic heterocycles. The molecule has 0 radical (unpaired) electrons. The molecule has 2 rings (SSSR count). The summed E-state index contributed by atoms with van der Waals surface area (Å²) in [6, 6.07) is 10.1. The molecule has 106 valence electrons. The van der Waals surface area contributed by atoms with Gasteiger partial charge in [-0.2, -0.15) is 0 Å². The highest BCUT2D eigenvalue weighted by Gasteiger charge is 2.17. The molecule has 5 heteroatoms. The first-order valence-electron chi connectivity index (χ1n) is 6.02. The minimum absolute atomic E-state index is 0.255. The van der Waals surface area contributed by atoms with Crippen LogP contribution in [0, 0.1) is 5.82 Å². The molecule has 20 heavy (non-hydrogen) atoms. The second-order valence-corrected chi connectivity index (χ2v) is 5.54. The van der Waals surface area contributed by atoms with E-state index >= 15 is 0 Å². The highest BCUT2D eigenvalue weighted by atomic mass is 79.9. The second-order valence-electron chi connectivity index (χ2n) is 4.28. The summed E-state index contributed by atoms with van der Waals surface area (Å²) in [6.07, 6.45) is 0. The highest BCUT2D eigenvalue weighted by molar-refractivity contribution is 9.10. The molecule has 0 heterocycles. The maximum atomic E-state index is 14.2. The number of hydrogen-bond donors (Lipinski definition) is 1. The van der Waals surface area contributed by atoms with Crippen molar-refractivity contribution in [3.05, 3.63) is 62.8 Å². The molecule has 0 fully saturated rings. The zero-order valence-electron chi connectivity index (χ0n) is 11.1. The van der Waals surface area contributed by atoms with Gasteiger partial charge in [0.2, 0.25) is 0 Å². The van der Waals surface area contributed by atoms with Crippen LogP contribution in [0.3, 0.4) is 0 Å². The Morgan fingerprint density at radius 3 is 2.55 bits per heavy atom. The van der Waals surface area contributed by atoms with E-state index in [-0.39, 0.29) is 11.9 Å². The summed E-state index contributed by atoms with van der Waals surface area (Å²) in [6.45, 7) is 0. The first kappa shape index (κ1) is 15.3. The zero-order chi connectivity index (χ0) is 14.7. The Hall–Kier alpha value is -1.10. The van der Waals surface area contributed by atoms with Crippen molar-refractivity contribution in [2.24, 2.45) is 0 Å². The van der Waals surface area contributed by atoms with Gasteiger partial charge in [0.15, 0.2) is 0 Å². The topological polar surface area (TPSA) is 21.3 Å². The van der Waals surface area contributed by atoms with Crippen LogP contribution >= 0.6 is 27.5 Å². The number of rotatable bonds is 4. The Labute approximate surface area is 131 Å². The summed E-state index contributed by atoms with van der Waals surface area (Å²) in [5.74, 6) is 0.188. The van der Waals surface area contributed by atoms with Crippen LogP contribution < -0.4 is 10.1 Å². The lowest BCUT2D eigenvalue weighted by atomic mass is 9.98. The van der Waals surface area contributed by atoms with Crippen LogP contribution in [0.2, 0.25) is 5.02 Å². The maximum absolute atomic E-state index is 14.2. The summed E-state index contributed by atoms with van der Waals surface area (Å²) in [4.78, 5) is 0. The van der Waals surface area contributed by atoms with Gasteiger partial charge < -0.3 is 10.1 Å². The molecule has 0 spiro atoms. The lowest BCUT2D eigenvalue weighted by Crippen LogP contribution is -2.19. The third-order valence-electron chi connectivity index (χ3n) is 3.08. The molecule has 0 amide bonds. The predicted octanol–water partition coefficient (Wildman–Crippen LogP) is 4.56. The summed E-state index contributed by atoms with van der Waals surface area (Å²) >= 11 is 9.37. The fourth-order valence-corrected chi connectivity index (χ4v) is 2.58. The first-order chi connectivity index (χ1) is 9.56. The Morgan fingerprint density at radius 1 is 1.25 bits per heavy atom. The van der Waals surface area contributed by atoms with Gasteiger partial charge in [0.05, 0.1) is 18.2 Å². The molecule has 2 nitrogen and oxygen atoms in total. The van der Waals surface area contributed by atoms with E-state index in [1.807, 2.05) is 12.1 Å². The third kappa shape index (κ3) is 3.14. The van der Waals surface area contributed by atoms with Crippen molar-refractivity contribution in [2.75, 3.05) is 14.2 Å². The molecule has 0 saturated heterocycles. The lowest BCUT2D eigenvalue weighted by Gasteiger charge is -2.19. The average Bonchev–Trinajstić information content (AvgIpc) is 2.45. The van der Waals surface area contributed by atoms with Crippen LogP contribution in [-0.2, 0) is 0 Å². The van der Waals surface area contributed by atoms with Crippen LogP contribution in [0.25, 0.3) is 0 Å². The van der Waals surface area contributed by atoms with Crippen molar-refractivity contribution in [1.82, 2.24) is 5.32 Å². The van der Waals surface area contributed by atoms with Crippen LogP contribution in [-0.4, -0.2) is 14.2 Å². The SMILES string of the molecule is CNC(c1ccc(Cl)c(Br)c1)c1ccc(OC)cc1F. The second kappa shape index (κ2) is 6.57. The van der Waals surface area contributed by atoms with Crippen LogP contribution in [0.4, 0.5) is 4.39 Å². The minimum atomic E-state index is -0.310. The molecule has 0 aliphatic carbocycles. The van der Waals surface area contributed by atoms with Crippen molar-refractivity contribution in [1.29, 1.82) is 0 Å². The van der Waals surface area contributed by atoms with Crippen LogP contribution in [0.5, 0.6) is 5.75 Å². The van der Waals surface area contributed by atoms with E-state index in [2.05, 4.69) is 21.2 Å². The van der Waals surface area contributed by atoms with Crippen LogP contribution in [0.1, 0.15) is 17.2 Å². The molecule has 1 atom stereocenters. The van der Waals surface area contributed by atoms with Crippen LogP contribution in [0.15, 0.2) is 40.9 Å². The van der Waals surface area contributed by atoms with Gasteiger partial charge in [-0.1, -0.05) is 23.7 Å². The maximum Gasteiger partial charge on any atom is 0.132 e. The summed E-state index contributed by atoms with van der Waals surface area (Å²) in [7, 11) is 3.30. The molecule has 1 N–H and O–H groups in total. The van der Waals surface area contributed by atoms with E-state index in [9.17, 15) is 4.39 Å². The van der Waals surface area contributed by atoms with E-state index in [1.165, 1.54) is 13.2 Å². The fraction of sp³-hybridized carbons (Fsp3) is 0.200. The van der Waals surface area contributed by atoms with Crippen molar-refractivity contribution in [3.8, 4) is 5.75 Å². The molecule has 0 aromatic heterocycles. The zero-order valence-corrected chi connectivity index (χ0v) is 13.4. The van der Waals surface area contributed by atoms with E-state index in [1.54, 1.807) is 25.2 Å². The van der Waals surface area contributed by atoms with E-state index in [0.717, 1.165) is 10.0 Å². The monoisotopic (exact) mass is 357 g/mol. The number of methoxy groups -OCH3 is 1. The molecular weight excluding hydrogens is 345 g/mol. The number of nitrogens with one attached hydrogen (secondary N) is 1. The van der Waals surface area contributed by atoms with Gasteiger partial charge >= 0.3 is 0 Å². The molecule has 2 aromatic rings. The van der Waals surface area contributed by atoms with Gasteiger partial charge in [-0.25, -0.2) is 4.39 Å². The Balaban J connectivity index is 2.43. The number of ether oxygens (including phenoxy) is 1. The van der Waals surface area contributed by atoms with Gasteiger partial charge in [-0.3, -0.25) is 0 Å². The Kier molecular flexibility index (Phi) is 5.02. The van der Waals surface area contributed by atoms with E-state index < -0.39 is 0 Å². The number of halogens is 3. The largest absolute Gasteiger partial charge is 0.497 e. The molecule has 0 bridgehead atoms. The molecule has 0 saturated carbocycles. The molecular formula is C15H14BrClFNO. The molecule has 2 aromatic carbocycles. The standard InChI is InChI=1S/C15H14BrClFNO/c1-19-15(9-3-6-13(17)12(16)7-9)11-5-4-10(20-2)8-14(11)18/h3-8,15,19H,1-2H3. The quantitative estimate of drug-likeness (QED) is 0.865. The summed E-state index contributed by atoms with van der Waals surface area (Å²) in [5, 5.41) is 3.74. The lowest BCUT2D eigenvalue weighted by molar-refractivity contribution is 0.410. The van der Waals surface area contributed by atoms with Gasteiger partial charge in [0.1, 0.15) is 11.6 Å². The summed E-state index contributed by atoms with van der Waals surface area (Å²) in [5.41, 5.74) is 1.48. The van der Waals surface area contributed by atoms with Crippen molar-refractivity contribution in [3.63, 3.8) is 0 Å². The van der Waals surface area contributed by atoms with Gasteiger partial charge in [0.25, 0.3) is 0 Å². The average molecular weight is 359 g/mol. The highest BCUT2D eigenvalue weighted by Crippen LogP contribution is 2.31. The molecule has 0 aliphatic rings. The summed E-state index contributed by atoms with van der Waals surface area (Å²) < 4.78 is 20.0. The minimum Gasteiger partial charge on any atom is -0.497 e. The van der Waals surface area contributed by atoms with Gasteiger partial charge in [-0.05, 0) is 46.7 Å². The normalized spacial score (nSPS) is 12.2. The van der Waals surface area contributed by atoms with Crippen molar-refractivity contribution < 1.29 is 9.13 Å². The van der Waals surface area contributed by atoms with Crippen molar-refractivity contribution >= 4 is 27.5 Å². The first-order valence-corrected chi connectivity index (χ1v) is 7.19. The number of hydrogen-bond acceptors (Lipinski definition) is 2. The van der Waals surface area contributed by atoms with Gasteiger partial charge in [-0.15, -0.1) is 0 Å². The van der Waals surface area contributed by atoms with E-state index in [0.29, 0.717) is 16.3 Å². The molecule has 1 unspecified atom stereocenters. The third-order valence-corrected chi connectivity index (χ3v) is 4.30. The van der Waals surface area contributed by atoms with E-state index in [4.69, 9.17) is 16.3 Å². The smallest absolute Gasteiger partial charge is 0.132 e. The predicted molar refractivity (Wildman–Crippen MR) is 83.0 cm³/mol. The Morgan fingerprint density at radius 2 is 2.00 bits per heavy atom. The number of benzene rings is 2.